The maximum Gasteiger partial charge on any atom is 0.0422 e. The number of hydrogen-bond acceptors (Lipinski definition) is 1. The van der Waals surface area contributed by atoms with E-state index in [4.69, 9.17) is 0 Å². The van der Waals surface area contributed by atoms with Crippen molar-refractivity contribution in [1.29, 1.82) is 0 Å². The quantitative estimate of drug-likeness (QED) is 0.749. The molecule has 0 saturated heterocycles. The predicted molar refractivity (Wildman–Crippen MR) is 71.9 cm³/mol. The first-order chi connectivity index (χ1) is 7.77. The van der Waals surface area contributed by atoms with Gasteiger partial charge in [-0.25, -0.2) is 0 Å². The van der Waals surface area contributed by atoms with Crippen molar-refractivity contribution in [3.8, 4) is 0 Å². The molecule has 2 rings (SSSR count). The van der Waals surface area contributed by atoms with Crippen molar-refractivity contribution >= 4 is 16.5 Å². The molecule has 0 unspecified atom stereocenters. The van der Waals surface area contributed by atoms with Gasteiger partial charge in [0, 0.05) is 17.6 Å². The van der Waals surface area contributed by atoms with Gasteiger partial charge in [0.25, 0.3) is 0 Å². The number of anilines is 1. The third-order valence-electron chi connectivity index (χ3n) is 2.59. The van der Waals surface area contributed by atoms with Gasteiger partial charge in [-0.15, -0.1) is 0 Å². The van der Waals surface area contributed by atoms with Crippen molar-refractivity contribution in [2.45, 2.75) is 13.8 Å². The highest BCUT2D eigenvalue weighted by molar-refractivity contribution is 5.93. The molecular weight excluding hydrogens is 194 g/mol. The Morgan fingerprint density at radius 2 is 1.81 bits per heavy atom. The highest BCUT2D eigenvalue weighted by Crippen LogP contribution is 2.22. The lowest BCUT2D eigenvalue weighted by Crippen LogP contribution is -1.99. The van der Waals surface area contributed by atoms with E-state index in [1.807, 2.05) is 0 Å². The first-order valence-corrected chi connectivity index (χ1v) is 5.62. The summed E-state index contributed by atoms with van der Waals surface area (Å²) in [6.45, 7) is 5.12. The molecule has 0 aliphatic carbocycles. The second kappa shape index (κ2) is 4.84. The molecule has 0 bridgehead atoms. The largest absolute Gasteiger partial charge is 0.381 e. The lowest BCUT2D eigenvalue weighted by Gasteiger charge is -2.07. The standard InChI is InChI=1S/C15H17N/c1-12(2)10-11-16-15-9-5-7-13-6-3-4-8-14(13)15/h3-10,16H,11H2,1-2H3. The van der Waals surface area contributed by atoms with Crippen molar-refractivity contribution in [3.63, 3.8) is 0 Å². The van der Waals surface area contributed by atoms with E-state index in [2.05, 4.69) is 67.7 Å². The van der Waals surface area contributed by atoms with Crippen molar-refractivity contribution < 1.29 is 0 Å². The Bertz CT molecular complexity index is 502. The summed E-state index contributed by atoms with van der Waals surface area (Å²) in [4.78, 5) is 0. The predicted octanol–water partition coefficient (Wildman–Crippen LogP) is 4.22. The van der Waals surface area contributed by atoms with E-state index in [0.717, 1.165) is 6.54 Å². The molecule has 0 saturated carbocycles. The number of nitrogens with one attached hydrogen (secondary N) is 1. The van der Waals surface area contributed by atoms with Gasteiger partial charge in [-0.1, -0.05) is 48.0 Å². The zero-order chi connectivity index (χ0) is 11.4. The average Bonchev–Trinajstić information content (AvgIpc) is 2.29. The number of fused-ring (bicyclic) bond motifs is 1. The first kappa shape index (κ1) is 10.7. The van der Waals surface area contributed by atoms with Crippen LogP contribution < -0.4 is 5.32 Å². The molecule has 1 N–H and O–H groups in total. The second-order valence-corrected chi connectivity index (χ2v) is 4.19. The van der Waals surface area contributed by atoms with Crippen LogP contribution in [0.1, 0.15) is 13.8 Å². The van der Waals surface area contributed by atoms with E-state index in [1.54, 1.807) is 0 Å². The lowest BCUT2D eigenvalue weighted by molar-refractivity contribution is 1.27. The van der Waals surface area contributed by atoms with Crippen LogP contribution in [-0.2, 0) is 0 Å². The number of allylic oxidation sites excluding steroid dienone is 1. The third-order valence-corrected chi connectivity index (χ3v) is 2.59. The van der Waals surface area contributed by atoms with Gasteiger partial charge < -0.3 is 5.32 Å². The van der Waals surface area contributed by atoms with Crippen LogP contribution in [0.15, 0.2) is 54.1 Å². The summed E-state index contributed by atoms with van der Waals surface area (Å²) in [5.74, 6) is 0. The minimum absolute atomic E-state index is 0.885. The van der Waals surface area contributed by atoms with E-state index >= 15 is 0 Å². The summed E-state index contributed by atoms with van der Waals surface area (Å²) < 4.78 is 0. The van der Waals surface area contributed by atoms with Crippen LogP contribution in [0.5, 0.6) is 0 Å². The highest BCUT2D eigenvalue weighted by Gasteiger charge is 1.97. The van der Waals surface area contributed by atoms with Gasteiger partial charge in [-0.3, -0.25) is 0 Å². The van der Waals surface area contributed by atoms with E-state index in [0.29, 0.717) is 0 Å². The Labute approximate surface area is 96.8 Å². The maximum absolute atomic E-state index is 3.44. The van der Waals surface area contributed by atoms with Gasteiger partial charge in [0.1, 0.15) is 0 Å². The molecule has 0 radical (unpaired) electrons. The molecule has 0 amide bonds. The van der Waals surface area contributed by atoms with Gasteiger partial charge in [0.05, 0.1) is 0 Å². The molecule has 1 nitrogen and oxygen atoms in total. The van der Waals surface area contributed by atoms with Gasteiger partial charge in [-0.05, 0) is 25.3 Å². The Hall–Kier alpha value is -1.76. The van der Waals surface area contributed by atoms with Crippen LogP contribution in [0.3, 0.4) is 0 Å². The third kappa shape index (κ3) is 2.43. The Morgan fingerprint density at radius 1 is 1.06 bits per heavy atom. The van der Waals surface area contributed by atoms with Crippen molar-refractivity contribution in [2.24, 2.45) is 0 Å². The lowest BCUT2D eigenvalue weighted by atomic mass is 10.1. The normalized spacial score (nSPS) is 10.1. The fourth-order valence-corrected chi connectivity index (χ4v) is 1.74. The summed E-state index contributed by atoms with van der Waals surface area (Å²) >= 11 is 0. The van der Waals surface area contributed by atoms with Crippen molar-refractivity contribution in [2.75, 3.05) is 11.9 Å². The molecule has 0 spiro atoms. The average molecular weight is 211 g/mol. The molecule has 0 aromatic heterocycles. The summed E-state index contributed by atoms with van der Waals surface area (Å²) in [5.41, 5.74) is 2.54. The van der Waals surface area contributed by atoms with Gasteiger partial charge in [0.15, 0.2) is 0 Å². The molecular formula is C15H17N. The summed E-state index contributed by atoms with van der Waals surface area (Å²) in [6.07, 6.45) is 2.20. The van der Waals surface area contributed by atoms with Crippen LogP contribution in [0.2, 0.25) is 0 Å². The minimum Gasteiger partial charge on any atom is -0.381 e. The molecule has 0 heterocycles. The van der Waals surface area contributed by atoms with Crippen molar-refractivity contribution in [1.82, 2.24) is 0 Å². The molecule has 1 heteroatoms. The molecule has 2 aromatic carbocycles. The molecule has 0 atom stereocenters. The second-order valence-electron chi connectivity index (χ2n) is 4.19. The number of benzene rings is 2. The van der Waals surface area contributed by atoms with Gasteiger partial charge >= 0.3 is 0 Å². The van der Waals surface area contributed by atoms with E-state index in [-0.39, 0.29) is 0 Å². The number of hydrogen-bond donors (Lipinski definition) is 1. The molecule has 0 aliphatic rings. The number of rotatable bonds is 3. The van der Waals surface area contributed by atoms with Crippen LogP contribution in [0.25, 0.3) is 10.8 Å². The van der Waals surface area contributed by atoms with Gasteiger partial charge in [-0.2, -0.15) is 0 Å². The van der Waals surface area contributed by atoms with Crippen LogP contribution in [-0.4, -0.2) is 6.54 Å². The SMILES string of the molecule is CC(C)=CCNc1cccc2ccccc12. The smallest absolute Gasteiger partial charge is 0.0422 e. The highest BCUT2D eigenvalue weighted by atomic mass is 14.9. The molecule has 0 fully saturated rings. The zero-order valence-corrected chi connectivity index (χ0v) is 9.83. The zero-order valence-electron chi connectivity index (χ0n) is 9.83. The topological polar surface area (TPSA) is 12.0 Å². The minimum atomic E-state index is 0.885. The summed E-state index contributed by atoms with van der Waals surface area (Å²) in [6, 6.07) is 14.8. The monoisotopic (exact) mass is 211 g/mol. The Kier molecular flexibility index (Phi) is 3.25. The maximum atomic E-state index is 3.44. The van der Waals surface area contributed by atoms with Crippen LogP contribution in [0.4, 0.5) is 5.69 Å². The van der Waals surface area contributed by atoms with E-state index < -0.39 is 0 Å². The van der Waals surface area contributed by atoms with Crippen LogP contribution >= 0.6 is 0 Å². The van der Waals surface area contributed by atoms with E-state index in [9.17, 15) is 0 Å². The Morgan fingerprint density at radius 3 is 2.62 bits per heavy atom. The molecule has 82 valence electrons. The van der Waals surface area contributed by atoms with Crippen molar-refractivity contribution in [3.05, 3.63) is 54.1 Å². The van der Waals surface area contributed by atoms with Gasteiger partial charge in [0.2, 0.25) is 0 Å². The Balaban J connectivity index is 2.27. The summed E-state index contributed by atoms with van der Waals surface area (Å²) in [5, 5.41) is 6.01. The first-order valence-electron chi connectivity index (χ1n) is 5.62. The fourth-order valence-electron chi connectivity index (χ4n) is 1.74. The molecule has 2 aromatic rings. The fraction of sp³-hybridized carbons (Fsp3) is 0.200. The van der Waals surface area contributed by atoms with Crippen LogP contribution in [0, 0.1) is 0 Å². The summed E-state index contributed by atoms with van der Waals surface area (Å²) in [7, 11) is 0. The molecule has 16 heavy (non-hydrogen) atoms. The molecule has 0 aliphatic heterocycles. The van der Waals surface area contributed by atoms with E-state index in [1.165, 1.54) is 22.0 Å².